The molecule has 0 saturated carbocycles. The Hall–Kier alpha value is -3.23. The molecule has 146 valence electrons. The van der Waals surface area contributed by atoms with E-state index in [9.17, 15) is 4.57 Å². The van der Waals surface area contributed by atoms with Gasteiger partial charge in [0.2, 0.25) is 0 Å². The second-order valence-corrected chi connectivity index (χ2v) is 9.14. The van der Waals surface area contributed by atoms with Gasteiger partial charge in [-0.25, -0.2) is 0 Å². The number of para-hydroxylation sites is 1. The number of hydrogen-bond donors (Lipinski definition) is 0. The van der Waals surface area contributed by atoms with Crippen LogP contribution in [-0.4, -0.2) is 0 Å². The second-order valence-electron chi connectivity index (χ2n) is 6.89. The van der Waals surface area contributed by atoms with Crippen LogP contribution in [0.3, 0.4) is 0 Å². The Morgan fingerprint density at radius 3 is 2.21 bits per heavy atom. The van der Waals surface area contributed by atoms with Crippen molar-refractivity contribution in [3.63, 3.8) is 0 Å². The van der Waals surface area contributed by atoms with Crippen molar-refractivity contribution in [2.24, 2.45) is 0 Å². The van der Waals surface area contributed by atoms with Crippen molar-refractivity contribution >= 4 is 18.0 Å². The van der Waals surface area contributed by atoms with Crippen molar-refractivity contribution in [2.45, 2.75) is 13.8 Å². The van der Waals surface area contributed by atoms with Crippen molar-refractivity contribution in [1.29, 1.82) is 0 Å². The first-order valence-corrected chi connectivity index (χ1v) is 10.8. The van der Waals surface area contributed by atoms with Crippen LogP contribution in [0.25, 0.3) is 11.1 Å². The fourth-order valence-electron chi connectivity index (χ4n) is 3.36. The first kappa shape index (κ1) is 19.1. The molecule has 0 N–H and O–H groups in total. The molecule has 29 heavy (non-hydrogen) atoms. The Labute approximate surface area is 170 Å². The SMILES string of the molecule is C=C(C)Oc1ccc(OC(=C)C)c(P2(=O)Oc3ccccc3-c3ccccc32)c1. The van der Waals surface area contributed by atoms with Crippen molar-refractivity contribution in [2.75, 3.05) is 0 Å². The van der Waals surface area contributed by atoms with Gasteiger partial charge in [-0.2, -0.15) is 0 Å². The van der Waals surface area contributed by atoms with Crippen LogP contribution in [0.2, 0.25) is 0 Å². The second kappa shape index (κ2) is 7.31. The Morgan fingerprint density at radius 2 is 1.48 bits per heavy atom. The smallest absolute Gasteiger partial charge is 0.311 e. The molecular formula is C24H21O4P. The van der Waals surface area contributed by atoms with E-state index in [1.807, 2.05) is 48.5 Å². The molecule has 4 nitrogen and oxygen atoms in total. The molecule has 1 heterocycles. The summed E-state index contributed by atoms with van der Waals surface area (Å²) in [7, 11) is -3.53. The fourth-order valence-corrected chi connectivity index (χ4v) is 5.75. The number of fused-ring (bicyclic) bond motifs is 3. The van der Waals surface area contributed by atoms with E-state index in [0.29, 0.717) is 39.4 Å². The lowest BCUT2D eigenvalue weighted by Crippen LogP contribution is -2.26. The molecule has 0 radical (unpaired) electrons. The third-order valence-electron chi connectivity index (χ3n) is 4.45. The van der Waals surface area contributed by atoms with E-state index in [-0.39, 0.29) is 0 Å². The van der Waals surface area contributed by atoms with Crippen LogP contribution in [-0.2, 0) is 4.57 Å². The van der Waals surface area contributed by atoms with Crippen molar-refractivity contribution in [3.8, 4) is 28.4 Å². The minimum absolute atomic E-state index is 0.418. The van der Waals surface area contributed by atoms with E-state index >= 15 is 0 Å². The lowest BCUT2D eigenvalue weighted by Gasteiger charge is -2.30. The van der Waals surface area contributed by atoms with Crippen LogP contribution in [0.15, 0.2) is 91.4 Å². The zero-order chi connectivity index (χ0) is 20.6. The molecular weight excluding hydrogens is 383 g/mol. The van der Waals surface area contributed by atoms with Crippen LogP contribution in [0, 0.1) is 0 Å². The highest BCUT2D eigenvalue weighted by Gasteiger charge is 2.40. The molecule has 3 aromatic rings. The molecule has 3 aromatic carbocycles. The molecule has 4 rings (SSSR count). The van der Waals surface area contributed by atoms with Gasteiger partial charge in [0.1, 0.15) is 17.2 Å². The predicted molar refractivity (Wildman–Crippen MR) is 117 cm³/mol. The predicted octanol–water partition coefficient (Wildman–Crippen LogP) is 5.80. The average Bonchev–Trinajstić information content (AvgIpc) is 2.68. The first-order chi connectivity index (χ1) is 13.9. The summed E-state index contributed by atoms with van der Waals surface area (Å²) in [5.41, 5.74) is 1.79. The highest BCUT2D eigenvalue weighted by atomic mass is 31.2. The summed E-state index contributed by atoms with van der Waals surface area (Å²) in [6.45, 7) is 11.1. The van der Waals surface area contributed by atoms with Gasteiger partial charge >= 0.3 is 7.37 Å². The highest BCUT2D eigenvalue weighted by Crippen LogP contribution is 2.55. The highest BCUT2D eigenvalue weighted by molar-refractivity contribution is 7.75. The van der Waals surface area contributed by atoms with Crippen molar-refractivity contribution in [1.82, 2.24) is 0 Å². The van der Waals surface area contributed by atoms with Gasteiger partial charge in [-0.15, -0.1) is 0 Å². The van der Waals surface area contributed by atoms with Crippen LogP contribution in [0.5, 0.6) is 17.2 Å². The van der Waals surface area contributed by atoms with Crippen LogP contribution >= 0.6 is 7.37 Å². The van der Waals surface area contributed by atoms with E-state index in [2.05, 4.69) is 13.2 Å². The fraction of sp³-hybridized carbons (Fsp3) is 0.0833. The van der Waals surface area contributed by atoms with Gasteiger partial charge in [-0.3, -0.25) is 4.57 Å². The van der Waals surface area contributed by atoms with Gasteiger partial charge in [0.15, 0.2) is 0 Å². The number of benzene rings is 3. The molecule has 0 spiro atoms. The molecule has 0 bridgehead atoms. The molecule has 0 aromatic heterocycles. The van der Waals surface area contributed by atoms with E-state index in [1.165, 1.54) is 0 Å². The molecule has 0 saturated heterocycles. The maximum Gasteiger partial charge on any atom is 0.311 e. The Balaban J connectivity index is 1.97. The van der Waals surface area contributed by atoms with Gasteiger partial charge in [-0.1, -0.05) is 49.6 Å². The summed E-state index contributed by atoms with van der Waals surface area (Å²) >= 11 is 0. The summed E-state index contributed by atoms with van der Waals surface area (Å²) in [4.78, 5) is 0. The van der Waals surface area contributed by atoms with Crippen molar-refractivity contribution in [3.05, 3.63) is 91.4 Å². The Kier molecular flexibility index (Phi) is 4.81. The lowest BCUT2D eigenvalue weighted by molar-refractivity contribution is 0.419. The van der Waals surface area contributed by atoms with E-state index < -0.39 is 7.37 Å². The minimum Gasteiger partial charge on any atom is -0.463 e. The quantitative estimate of drug-likeness (QED) is 0.398. The molecule has 0 fully saturated rings. The monoisotopic (exact) mass is 404 g/mol. The summed E-state index contributed by atoms with van der Waals surface area (Å²) in [6, 6.07) is 20.3. The van der Waals surface area contributed by atoms with Gasteiger partial charge in [0.25, 0.3) is 0 Å². The first-order valence-electron chi connectivity index (χ1n) is 9.18. The van der Waals surface area contributed by atoms with Gasteiger partial charge in [0.05, 0.1) is 22.1 Å². The average molecular weight is 404 g/mol. The van der Waals surface area contributed by atoms with Crippen LogP contribution in [0.1, 0.15) is 13.8 Å². The van der Waals surface area contributed by atoms with E-state index in [0.717, 1.165) is 11.1 Å². The van der Waals surface area contributed by atoms with Gasteiger partial charge in [0, 0.05) is 5.56 Å². The molecule has 1 aliphatic heterocycles. The van der Waals surface area contributed by atoms with E-state index in [1.54, 1.807) is 32.0 Å². The molecule has 1 atom stereocenters. The molecule has 5 heteroatoms. The zero-order valence-corrected chi connectivity index (χ0v) is 17.2. The van der Waals surface area contributed by atoms with Crippen LogP contribution in [0.4, 0.5) is 0 Å². The number of ether oxygens (including phenoxy) is 2. The standard InChI is InChI=1S/C24H21O4P/c1-16(2)26-18-13-14-22(27-17(3)4)24(15-18)29(25)23-12-8-6-10-20(23)19-9-5-7-11-21(19)28-29/h5-15H,1,3H2,2,4H3. The summed E-state index contributed by atoms with van der Waals surface area (Å²) in [6.07, 6.45) is 0. The van der Waals surface area contributed by atoms with E-state index in [4.69, 9.17) is 14.0 Å². The molecule has 1 aliphatic rings. The maximum absolute atomic E-state index is 14.5. The minimum atomic E-state index is -3.53. The maximum atomic E-state index is 14.5. The van der Waals surface area contributed by atoms with Gasteiger partial charge < -0.3 is 14.0 Å². The number of rotatable bonds is 5. The summed E-state index contributed by atoms with van der Waals surface area (Å²) in [5.74, 6) is 2.51. The molecule has 0 aliphatic carbocycles. The topological polar surface area (TPSA) is 44.8 Å². The summed E-state index contributed by atoms with van der Waals surface area (Å²) in [5, 5.41) is 1.04. The van der Waals surface area contributed by atoms with Gasteiger partial charge in [-0.05, 0) is 49.7 Å². The van der Waals surface area contributed by atoms with Crippen LogP contribution < -0.4 is 24.6 Å². The Bertz CT molecular complexity index is 1180. The largest absolute Gasteiger partial charge is 0.463 e. The Morgan fingerprint density at radius 1 is 0.828 bits per heavy atom. The number of hydrogen-bond acceptors (Lipinski definition) is 4. The zero-order valence-electron chi connectivity index (χ0n) is 16.3. The molecule has 0 amide bonds. The number of allylic oxidation sites excluding steroid dienone is 2. The van der Waals surface area contributed by atoms with Crippen molar-refractivity contribution < 1.29 is 18.6 Å². The summed E-state index contributed by atoms with van der Waals surface area (Å²) < 4.78 is 32.1. The third-order valence-corrected chi connectivity index (χ3v) is 6.91. The lowest BCUT2D eigenvalue weighted by atomic mass is 10.0. The molecule has 1 unspecified atom stereocenters. The third kappa shape index (κ3) is 3.48. The normalized spacial score (nSPS) is 16.8.